The lowest BCUT2D eigenvalue weighted by molar-refractivity contribution is 0.0698. The molecule has 0 saturated heterocycles. The number of anilines is 2. The van der Waals surface area contributed by atoms with Crippen LogP contribution in [-0.2, 0) is 7.05 Å². The van der Waals surface area contributed by atoms with Crippen molar-refractivity contribution in [2.75, 3.05) is 10.6 Å². The minimum Gasteiger partial charge on any atom is -0.478 e. The number of benzene rings is 2. The highest BCUT2D eigenvalue weighted by Crippen LogP contribution is 2.23. The molecule has 0 spiro atoms. The predicted molar refractivity (Wildman–Crippen MR) is 91.8 cm³/mol. The van der Waals surface area contributed by atoms with Crippen LogP contribution in [-0.4, -0.2) is 26.7 Å². The summed E-state index contributed by atoms with van der Waals surface area (Å²) in [5, 5.41) is 15.2. The maximum atomic E-state index is 12.1. The first-order valence-corrected chi connectivity index (χ1v) is 7.34. The number of carbonyl (C=O) groups is 2. The molecule has 0 aliphatic carbocycles. The summed E-state index contributed by atoms with van der Waals surface area (Å²) in [6.07, 6.45) is 1.52. The number of aromatic nitrogens is 2. The number of aryl methyl sites for hydroxylation is 1. The highest BCUT2D eigenvalue weighted by atomic mass is 35.5. The van der Waals surface area contributed by atoms with Crippen molar-refractivity contribution in [3.8, 4) is 0 Å². The van der Waals surface area contributed by atoms with Gasteiger partial charge in [-0.2, -0.15) is 0 Å². The molecule has 2 aromatic carbocycles. The molecule has 24 heavy (non-hydrogen) atoms. The van der Waals surface area contributed by atoms with Crippen molar-refractivity contribution in [1.82, 2.24) is 9.55 Å². The Balaban J connectivity index is 1.85. The fraction of sp³-hybridized carbons (Fsp3) is 0.0625. The van der Waals surface area contributed by atoms with Gasteiger partial charge in [0.05, 0.1) is 22.9 Å². The normalized spacial score (nSPS) is 10.6. The van der Waals surface area contributed by atoms with Gasteiger partial charge in [0, 0.05) is 23.4 Å². The number of imidazole rings is 1. The van der Waals surface area contributed by atoms with E-state index in [1.54, 1.807) is 41.9 Å². The summed E-state index contributed by atoms with van der Waals surface area (Å²) in [6.45, 7) is 0. The van der Waals surface area contributed by atoms with Crippen LogP contribution in [0.4, 0.5) is 16.2 Å². The number of carboxylic acid groups (broad SMARTS) is 1. The van der Waals surface area contributed by atoms with Crippen LogP contribution in [0.5, 0.6) is 0 Å². The molecule has 2 amide bonds. The van der Waals surface area contributed by atoms with E-state index in [0.29, 0.717) is 27.4 Å². The zero-order chi connectivity index (χ0) is 17.3. The second-order valence-corrected chi connectivity index (χ2v) is 5.57. The third-order valence-electron chi connectivity index (χ3n) is 3.40. The molecule has 1 aromatic heterocycles. The van der Waals surface area contributed by atoms with E-state index in [0.717, 1.165) is 0 Å². The summed E-state index contributed by atoms with van der Waals surface area (Å²) >= 11 is 5.79. The van der Waals surface area contributed by atoms with Crippen molar-refractivity contribution >= 4 is 46.0 Å². The number of hydrogen-bond acceptors (Lipinski definition) is 3. The van der Waals surface area contributed by atoms with E-state index in [1.807, 2.05) is 0 Å². The molecule has 122 valence electrons. The molecule has 0 fully saturated rings. The van der Waals surface area contributed by atoms with Crippen LogP contribution in [0.25, 0.3) is 11.0 Å². The van der Waals surface area contributed by atoms with Crippen LogP contribution in [0.3, 0.4) is 0 Å². The number of rotatable bonds is 3. The van der Waals surface area contributed by atoms with Crippen LogP contribution >= 0.6 is 11.6 Å². The lowest BCUT2D eigenvalue weighted by Crippen LogP contribution is -2.19. The first-order valence-electron chi connectivity index (χ1n) is 6.96. The quantitative estimate of drug-likeness (QED) is 0.676. The molecule has 3 N–H and O–H groups in total. The largest absolute Gasteiger partial charge is 0.478 e. The van der Waals surface area contributed by atoms with Crippen LogP contribution in [0.15, 0.2) is 42.7 Å². The van der Waals surface area contributed by atoms with Crippen molar-refractivity contribution in [3.63, 3.8) is 0 Å². The van der Waals surface area contributed by atoms with Crippen LogP contribution in [0.2, 0.25) is 5.02 Å². The maximum absolute atomic E-state index is 12.1. The number of amides is 2. The van der Waals surface area contributed by atoms with Crippen molar-refractivity contribution in [2.45, 2.75) is 0 Å². The smallest absolute Gasteiger partial charge is 0.337 e. The van der Waals surface area contributed by atoms with Gasteiger partial charge in [-0.3, -0.25) is 0 Å². The van der Waals surface area contributed by atoms with E-state index in [-0.39, 0.29) is 5.56 Å². The van der Waals surface area contributed by atoms with E-state index in [4.69, 9.17) is 11.6 Å². The Morgan fingerprint density at radius 1 is 1.12 bits per heavy atom. The number of halogens is 1. The summed E-state index contributed by atoms with van der Waals surface area (Å²) in [4.78, 5) is 27.6. The fourth-order valence-electron chi connectivity index (χ4n) is 2.36. The summed E-state index contributed by atoms with van der Waals surface area (Å²) in [6, 6.07) is 9.14. The molecule has 3 rings (SSSR count). The van der Waals surface area contributed by atoms with Crippen molar-refractivity contribution in [3.05, 3.63) is 53.3 Å². The number of nitrogens with one attached hydrogen (secondary N) is 2. The number of fused-ring (bicyclic) bond motifs is 1. The number of hydrogen-bond donors (Lipinski definition) is 3. The average molecular weight is 345 g/mol. The molecule has 7 nitrogen and oxygen atoms in total. The minimum absolute atomic E-state index is 0.0642. The molecular weight excluding hydrogens is 332 g/mol. The third-order valence-corrected chi connectivity index (χ3v) is 3.65. The second-order valence-electron chi connectivity index (χ2n) is 5.14. The third kappa shape index (κ3) is 3.16. The Bertz CT molecular complexity index is 934. The summed E-state index contributed by atoms with van der Waals surface area (Å²) in [5.74, 6) is -1.09. The first-order chi connectivity index (χ1) is 11.4. The molecule has 0 atom stereocenters. The van der Waals surface area contributed by atoms with Gasteiger partial charge in [-0.25, -0.2) is 14.6 Å². The minimum atomic E-state index is -1.09. The SMILES string of the molecule is Cn1cnc2cc(NC(=O)Nc3ccc(Cl)cc3)cc(C(=O)O)c21. The number of nitrogens with zero attached hydrogens (tertiary/aromatic N) is 2. The van der Waals surface area contributed by atoms with Gasteiger partial charge >= 0.3 is 12.0 Å². The number of urea groups is 1. The van der Waals surface area contributed by atoms with E-state index in [2.05, 4.69) is 15.6 Å². The van der Waals surface area contributed by atoms with Gasteiger partial charge in [0.2, 0.25) is 0 Å². The molecule has 0 saturated carbocycles. The van der Waals surface area contributed by atoms with Gasteiger partial charge in [0.1, 0.15) is 0 Å². The summed E-state index contributed by atoms with van der Waals surface area (Å²) < 4.78 is 1.62. The van der Waals surface area contributed by atoms with Crippen LogP contribution < -0.4 is 10.6 Å². The maximum Gasteiger partial charge on any atom is 0.337 e. The second kappa shape index (κ2) is 6.21. The highest BCUT2D eigenvalue weighted by molar-refractivity contribution is 6.30. The van der Waals surface area contributed by atoms with Gasteiger partial charge in [-0.1, -0.05) is 11.6 Å². The first kappa shape index (κ1) is 15.8. The standard InChI is InChI=1S/C16H13ClN4O3/c1-21-8-18-13-7-11(6-12(14(13)21)15(22)23)20-16(24)19-10-4-2-9(17)3-5-10/h2-8H,1H3,(H,22,23)(H2,19,20,24). The van der Waals surface area contributed by atoms with Gasteiger partial charge in [-0.05, 0) is 36.4 Å². The van der Waals surface area contributed by atoms with E-state index in [1.165, 1.54) is 12.4 Å². The van der Waals surface area contributed by atoms with Gasteiger partial charge in [0.15, 0.2) is 0 Å². The molecule has 0 unspecified atom stereocenters. The Morgan fingerprint density at radius 2 is 1.79 bits per heavy atom. The van der Waals surface area contributed by atoms with E-state index < -0.39 is 12.0 Å². The Hall–Kier alpha value is -3.06. The molecule has 8 heteroatoms. The number of aromatic carboxylic acids is 1. The Labute approximate surface area is 141 Å². The Kier molecular flexibility index (Phi) is 4.09. The van der Waals surface area contributed by atoms with Crippen molar-refractivity contribution in [2.24, 2.45) is 7.05 Å². The average Bonchev–Trinajstić information content (AvgIpc) is 2.90. The van der Waals surface area contributed by atoms with E-state index in [9.17, 15) is 14.7 Å². The molecule has 1 heterocycles. The lowest BCUT2D eigenvalue weighted by Gasteiger charge is -2.09. The number of carbonyl (C=O) groups excluding carboxylic acids is 1. The van der Waals surface area contributed by atoms with Gasteiger partial charge in [-0.15, -0.1) is 0 Å². The van der Waals surface area contributed by atoms with E-state index >= 15 is 0 Å². The highest BCUT2D eigenvalue weighted by Gasteiger charge is 2.15. The molecule has 3 aromatic rings. The van der Waals surface area contributed by atoms with Crippen LogP contribution in [0.1, 0.15) is 10.4 Å². The van der Waals surface area contributed by atoms with Crippen molar-refractivity contribution in [1.29, 1.82) is 0 Å². The molecule has 0 aliphatic rings. The van der Waals surface area contributed by atoms with Gasteiger partial charge < -0.3 is 20.3 Å². The zero-order valence-electron chi connectivity index (χ0n) is 12.6. The summed E-state index contributed by atoms with van der Waals surface area (Å²) in [5.41, 5.74) is 1.94. The molecule has 0 aliphatic heterocycles. The predicted octanol–water partition coefficient (Wildman–Crippen LogP) is 3.57. The van der Waals surface area contributed by atoms with Gasteiger partial charge in [0.25, 0.3) is 0 Å². The lowest BCUT2D eigenvalue weighted by atomic mass is 10.1. The fourth-order valence-corrected chi connectivity index (χ4v) is 2.48. The zero-order valence-corrected chi connectivity index (χ0v) is 13.3. The molecule has 0 bridgehead atoms. The number of carboxylic acids is 1. The Morgan fingerprint density at radius 3 is 2.46 bits per heavy atom. The monoisotopic (exact) mass is 344 g/mol. The molecular formula is C16H13ClN4O3. The van der Waals surface area contributed by atoms with Crippen LogP contribution in [0, 0.1) is 0 Å². The molecule has 0 radical (unpaired) electrons. The summed E-state index contributed by atoms with van der Waals surface area (Å²) in [7, 11) is 1.71. The topological polar surface area (TPSA) is 96.3 Å². The van der Waals surface area contributed by atoms with Crippen molar-refractivity contribution < 1.29 is 14.7 Å².